The van der Waals surface area contributed by atoms with Crippen molar-refractivity contribution in [1.82, 2.24) is 54.6 Å². The summed E-state index contributed by atoms with van der Waals surface area (Å²) in [5.41, 5.74) is 4.87. The van der Waals surface area contributed by atoms with E-state index >= 15 is 0 Å². The van der Waals surface area contributed by atoms with E-state index in [0.717, 1.165) is 72.9 Å². The average Bonchev–Trinajstić information content (AvgIpc) is 4.28. The molecule has 12 aliphatic rings. The Morgan fingerprint density at radius 2 is 0.771 bits per heavy atom. The van der Waals surface area contributed by atoms with Gasteiger partial charge in [-0.1, -0.05) is 40.0 Å². The number of unbranched alkanes of at least 4 members (excludes halogenated alkanes) is 3. The van der Waals surface area contributed by atoms with Crippen molar-refractivity contribution >= 4 is 70.4 Å². The summed E-state index contributed by atoms with van der Waals surface area (Å²) >= 11 is 9.25. The van der Waals surface area contributed by atoms with Gasteiger partial charge in [0.1, 0.15) is 21.4 Å². The summed E-state index contributed by atoms with van der Waals surface area (Å²) in [5, 5.41) is 2.46. The summed E-state index contributed by atoms with van der Waals surface area (Å²) in [7, 11) is 0. The lowest BCUT2D eigenvalue weighted by atomic mass is 9.77. The van der Waals surface area contributed by atoms with Crippen molar-refractivity contribution in [3.63, 3.8) is 0 Å². The van der Waals surface area contributed by atoms with E-state index in [-0.39, 0.29) is 0 Å². The molecule has 8 bridgehead atoms. The van der Waals surface area contributed by atoms with Crippen LogP contribution in [-0.2, 0) is 0 Å². The van der Waals surface area contributed by atoms with E-state index in [1.165, 1.54) is 229 Å². The number of ether oxygens (including phenoxy) is 2. The first-order chi connectivity index (χ1) is 34.5. The maximum Gasteiger partial charge on any atom is 0.249 e. The van der Waals surface area contributed by atoms with Crippen LogP contribution in [0.5, 0.6) is 11.8 Å². The topological polar surface area (TPSA) is 135 Å². The van der Waals surface area contributed by atoms with Gasteiger partial charge in [-0.3, -0.25) is 0 Å². The summed E-state index contributed by atoms with van der Waals surface area (Å²) in [6.07, 6.45) is 18.2. The van der Waals surface area contributed by atoms with E-state index in [1.54, 1.807) is 0 Å². The third-order valence-corrected chi connectivity index (χ3v) is 20.9. The van der Waals surface area contributed by atoms with Crippen molar-refractivity contribution in [1.29, 1.82) is 0 Å². The highest BCUT2D eigenvalue weighted by molar-refractivity contribution is 7.99. The zero-order valence-electron chi connectivity index (χ0n) is 42.5. The highest BCUT2D eigenvalue weighted by atomic mass is 32.2. The molecule has 16 rings (SSSR count). The SMILES string of the molecule is CCCCCSc1nsnc1C1CN2CCC1CC2.CCCCSc1nsnc1C1CN2CCC1CC2.CCCOc1nsnc1C1CN2CCC1CC2.CCOc1nsnc1C1CN2CCC1CC2. The summed E-state index contributed by atoms with van der Waals surface area (Å²) < 4.78 is 47.1. The minimum Gasteiger partial charge on any atom is -0.476 e. The van der Waals surface area contributed by atoms with Crippen molar-refractivity contribution in [2.45, 2.75) is 151 Å². The minimum atomic E-state index is 0.558. The molecule has 70 heavy (non-hydrogen) atoms. The van der Waals surface area contributed by atoms with Crippen LogP contribution in [0.1, 0.15) is 164 Å². The van der Waals surface area contributed by atoms with Crippen molar-refractivity contribution in [2.24, 2.45) is 23.7 Å². The monoisotopic (exact) mass is 1070 g/mol. The molecule has 0 N–H and O–H groups in total. The molecular weight excluding hydrogens is 993 g/mol. The average molecular weight is 1070 g/mol. The van der Waals surface area contributed by atoms with E-state index in [9.17, 15) is 0 Å². The Bertz CT molecular complexity index is 2110. The van der Waals surface area contributed by atoms with Crippen molar-refractivity contribution in [3.8, 4) is 11.8 Å². The lowest BCUT2D eigenvalue weighted by Gasteiger charge is -2.44. The van der Waals surface area contributed by atoms with Crippen LogP contribution >= 0.6 is 70.4 Å². The molecule has 4 atom stereocenters. The summed E-state index contributed by atoms with van der Waals surface area (Å²) in [4.78, 5) is 10.3. The number of nitrogens with zero attached hydrogens (tertiary/aromatic N) is 12. The molecule has 12 aliphatic heterocycles. The first-order valence-electron chi connectivity index (χ1n) is 27.2. The van der Waals surface area contributed by atoms with Gasteiger partial charge >= 0.3 is 0 Å². The molecule has 0 amide bonds. The zero-order valence-corrected chi connectivity index (χ0v) is 47.4. The fourth-order valence-corrected chi connectivity index (χ4v) is 17.1. The molecule has 0 radical (unpaired) electrons. The van der Waals surface area contributed by atoms with Gasteiger partial charge in [0.15, 0.2) is 0 Å². The molecule has 0 spiro atoms. The van der Waals surface area contributed by atoms with Gasteiger partial charge in [0.05, 0.1) is 71.5 Å². The lowest BCUT2D eigenvalue weighted by Crippen LogP contribution is -2.46. The normalized spacial score (nSPS) is 31.3. The molecule has 4 aromatic rings. The Morgan fingerprint density at radius 3 is 1.13 bits per heavy atom. The maximum absolute atomic E-state index is 5.71. The molecule has 20 heteroatoms. The summed E-state index contributed by atoms with van der Waals surface area (Å²) in [6.45, 7) is 25.1. The van der Waals surface area contributed by atoms with E-state index in [0.29, 0.717) is 30.3 Å². The fraction of sp³-hybridized carbons (Fsp3) is 0.840. The summed E-state index contributed by atoms with van der Waals surface area (Å²) in [5.74, 6) is 9.75. The Balaban J connectivity index is 0.000000116. The Morgan fingerprint density at radius 1 is 0.414 bits per heavy atom. The van der Waals surface area contributed by atoms with Crippen LogP contribution in [0.3, 0.4) is 0 Å². The van der Waals surface area contributed by atoms with E-state index in [1.807, 2.05) is 30.4 Å². The van der Waals surface area contributed by atoms with E-state index in [2.05, 4.69) is 75.4 Å². The highest BCUT2D eigenvalue weighted by Gasteiger charge is 2.41. The Labute approximate surface area is 444 Å². The van der Waals surface area contributed by atoms with Gasteiger partial charge in [0.25, 0.3) is 0 Å². The second-order valence-corrected chi connectivity index (χ2v) is 25.1. The molecular formula is C50H80N12O2S6. The second-order valence-electron chi connectivity index (χ2n) is 20.8. The van der Waals surface area contributed by atoms with Crippen LogP contribution in [0, 0.1) is 23.7 Å². The predicted octanol–water partition coefficient (Wildman–Crippen LogP) is 10.8. The molecule has 16 heterocycles. The molecule has 0 aliphatic carbocycles. The van der Waals surface area contributed by atoms with Crippen LogP contribution in [0.2, 0.25) is 0 Å². The van der Waals surface area contributed by atoms with Gasteiger partial charge < -0.3 is 29.1 Å². The minimum absolute atomic E-state index is 0.558. The smallest absolute Gasteiger partial charge is 0.249 e. The Kier molecular flexibility index (Phi) is 20.7. The standard InChI is InChI=1S/C14H23N3S2.C13H21N3S2.C12H19N3OS.C11H17N3OS/c1-2-3-4-9-18-14-13(15-19-16-14)12-10-17-7-5-11(12)6-8-17;1-2-3-8-17-13-12(14-18-15-13)11-9-16-6-4-10(11)5-7-16;1-2-7-16-12-11(13-17-14-12)10-8-15-5-3-9(10)4-6-15;1-2-15-11-10(12-16-13-11)9-7-14-5-3-8(9)4-6-14/h11-12H,2-10H2,1H3;10-11H,2-9H2,1H3;9-10H,2-8H2,1H3;8-9H,2-7H2,1H3. The molecule has 12 fully saturated rings. The van der Waals surface area contributed by atoms with Crippen LogP contribution in [0.15, 0.2) is 10.1 Å². The number of fused-ring (bicyclic) bond motifs is 12. The maximum atomic E-state index is 5.71. The zero-order chi connectivity index (χ0) is 48.1. The van der Waals surface area contributed by atoms with Gasteiger partial charge in [-0.25, -0.2) is 0 Å². The van der Waals surface area contributed by atoms with Gasteiger partial charge in [0, 0.05) is 49.9 Å². The number of piperidine rings is 12. The number of aromatic nitrogens is 8. The number of rotatable bonds is 18. The quantitative estimate of drug-likeness (QED) is 0.0690. The van der Waals surface area contributed by atoms with Gasteiger partial charge in [-0.2, -0.15) is 26.2 Å². The van der Waals surface area contributed by atoms with Gasteiger partial charge in [-0.15, -0.1) is 32.3 Å². The molecule has 14 nitrogen and oxygen atoms in total. The van der Waals surface area contributed by atoms with Crippen LogP contribution < -0.4 is 9.47 Å². The van der Waals surface area contributed by atoms with Crippen LogP contribution in [0.4, 0.5) is 0 Å². The van der Waals surface area contributed by atoms with Gasteiger partial charge in [-0.05, 0) is 165 Å². The molecule has 0 aromatic carbocycles. The molecule has 4 unspecified atom stereocenters. The molecule has 388 valence electrons. The first-order valence-corrected chi connectivity index (χ1v) is 32.1. The third kappa shape index (κ3) is 13.6. The number of thioether (sulfide) groups is 2. The largest absolute Gasteiger partial charge is 0.476 e. The molecule has 4 aromatic heterocycles. The predicted molar refractivity (Wildman–Crippen MR) is 290 cm³/mol. The Hall–Kier alpha value is -1.62. The van der Waals surface area contributed by atoms with Crippen LogP contribution in [-0.4, -0.2) is 158 Å². The third-order valence-electron chi connectivity index (χ3n) is 16.4. The van der Waals surface area contributed by atoms with Crippen molar-refractivity contribution in [3.05, 3.63) is 22.8 Å². The van der Waals surface area contributed by atoms with Crippen molar-refractivity contribution < 1.29 is 9.47 Å². The van der Waals surface area contributed by atoms with E-state index < -0.39 is 0 Å². The molecule has 12 saturated heterocycles. The first kappa shape index (κ1) is 53.2. The lowest BCUT2D eigenvalue weighted by molar-refractivity contribution is 0.0841. The number of hydrogen-bond acceptors (Lipinski definition) is 20. The van der Waals surface area contributed by atoms with E-state index in [4.69, 9.17) is 9.47 Å². The fourth-order valence-electron chi connectivity index (χ4n) is 12.3. The summed E-state index contributed by atoms with van der Waals surface area (Å²) in [6, 6.07) is 0. The second kappa shape index (κ2) is 27.3. The van der Waals surface area contributed by atoms with Gasteiger partial charge in [0.2, 0.25) is 11.8 Å². The number of hydrogen-bond donors (Lipinski definition) is 0. The van der Waals surface area contributed by atoms with Crippen LogP contribution in [0.25, 0.3) is 0 Å². The van der Waals surface area contributed by atoms with Crippen molar-refractivity contribution in [2.75, 3.05) is 103 Å². The molecule has 0 saturated carbocycles. The highest BCUT2D eigenvalue weighted by Crippen LogP contribution is 2.45.